The minimum Gasteiger partial charge on any atom is -0.322 e. The molecule has 0 saturated carbocycles. The molecule has 0 radical (unpaired) electrons. The molecule has 1 aromatic heterocycles. The zero-order valence-electron chi connectivity index (χ0n) is 13.7. The van der Waals surface area contributed by atoms with E-state index in [0.29, 0.717) is 0 Å². The molecule has 24 heavy (non-hydrogen) atoms. The van der Waals surface area contributed by atoms with Gasteiger partial charge >= 0.3 is 6.03 Å². The van der Waals surface area contributed by atoms with E-state index in [0.717, 1.165) is 11.1 Å². The number of carbonyl (C=O) groups is 2. The number of pyridine rings is 1. The van der Waals surface area contributed by atoms with Crippen LogP contribution in [0.3, 0.4) is 0 Å². The molecule has 2 unspecified atom stereocenters. The van der Waals surface area contributed by atoms with Gasteiger partial charge < -0.3 is 4.90 Å². The van der Waals surface area contributed by atoms with E-state index >= 15 is 0 Å². The van der Waals surface area contributed by atoms with E-state index in [1.807, 2.05) is 43.3 Å². The molecule has 2 heterocycles. The van der Waals surface area contributed by atoms with E-state index in [1.54, 1.807) is 36.5 Å². The van der Waals surface area contributed by atoms with E-state index < -0.39 is 0 Å². The maximum absolute atomic E-state index is 12.7. The van der Waals surface area contributed by atoms with E-state index in [2.05, 4.69) is 4.98 Å². The lowest BCUT2D eigenvalue weighted by Crippen LogP contribution is -2.35. The molecule has 1 aromatic carbocycles. The van der Waals surface area contributed by atoms with Gasteiger partial charge in [-0.1, -0.05) is 36.4 Å². The fourth-order valence-electron chi connectivity index (χ4n) is 2.92. The van der Waals surface area contributed by atoms with Crippen molar-refractivity contribution < 1.29 is 9.59 Å². The lowest BCUT2D eigenvalue weighted by Gasteiger charge is -2.23. The number of carbonyl (C=O) groups excluding carboxylic acids is 2. The minimum absolute atomic E-state index is 0.0874. The van der Waals surface area contributed by atoms with Gasteiger partial charge in [0.2, 0.25) is 0 Å². The zero-order chi connectivity index (χ0) is 17.1. The molecule has 1 fully saturated rings. The summed E-state index contributed by atoms with van der Waals surface area (Å²) < 4.78 is 0. The summed E-state index contributed by atoms with van der Waals surface area (Å²) in [6.45, 7) is 1.95. The molecule has 5 heteroatoms. The molecule has 1 saturated heterocycles. The second kappa shape index (κ2) is 6.66. The highest BCUT2D eigenvalue weighted by Gasteiger charge is 2.44. The monoisotopic (exact) mass is 321 g/mol. The van der Waals surface area contributed by atoms with Crippen molar-refractivity contribution in [1.29, 1.82) is 0 Å². The molecule has 1 aliphatic rings. The number of benzene rings is 1. The van der Waals surface area contributed by atoms with Crippen LogP contribution >= 0.6 is 0 Å². The highest BCUT2D eigenvalue weighted by atomic mass is 16.2. The van der Waals surface area contributed by atoms with Crippen molar-refractivity contribution in [3.8, 4) is 0 Å². The standard InChI is InChI=1S/C19H19N3O2/c1-14-18(16-8-4-3-5-9-16)22(19(24)21(14)2)17(23)11-10-15-7-6-12-20-13-15/h3-14,18H,1-2H3/b11-10+. The van der Waals surface area contributed by atoms with Crippen LogP contribution in [0.1, 0.15) is 24.1 Å². The van der Waals surface area contributed by atoms with Crippen molar-refractivity contribution in [2.45, 2.75) is 19.0 Å². The lowest BCUT2D eigenvalue weighted by molar-refractivity contribution is -0.124. The quantitative estimate of drug-likeness (QED) is 0.816. The van der Waals surface area contributed by atoms with Gasteiger partial charge in [0.1, 0.15) is 0 Å². The maximum Gasteiger partial charge on any atom is 0.327 e. The third-order valence-corrected chi connectivity index (χ3v) is 4.34. The fraction of sp³-hybridized carbons (Fsp3) is 0.211. The van der Waals surface area contributed by atoms with Crippen molar-refractivity contribution in [1.82, 2.24) is 14.8 Å². The van der Waals surface area contributed by atoms with Crippen LogP contribution in [0.15, 0.2) is 60.9 Å². The SMILES string of the molecule is CC1C(c2ccccc2)N(C(=O)/C=C/c2cccnc2)C(=O)N1C. The van der Waals surface area contributed by atoms with E-state index in [-0.39, 0.29) is 24.0 Å². The third-order valence-electron chi connectivity index (χ3n) is 4.34. The number of nitrogens with zero attached hydrogens (tertiary/aromatic N) is 3. The smallest absolute Gasteiger partial charge is 0.322 e. The molecule has 0 bridgehead atoms. The van der Waals surface area contributed by atoms with Crippen LogP contribution in [0.25, 0.3) is 6.08 Å². The van der Waals surface area contributed by atoms with Crippen LogP contribution in [0.2, 0.25) is 0 Å². The second-order valence-corrected chi connectivity index (χ2v) is 5.82. The van der Waals surface area contributed by atoms with Gasteiger partial charge in [-0.05, 0) is 30.2 Å². The molecule has 3 rings (SSSR count). The van der Waals surface area contributed by atoms with Gasteiger partial charge in [-0.2, -0.15) is 0 Å². The predicted octanol–water partition coefficient (Wildman–Crippen LogP) is 3.12. The van der Waals surface area contributed by atoms with E-state index in [1.165, 1.54) is 11.0 Å². The molecule has 0 spiro atoms. The van der Waals surface area contributed by atoms with Crippen molar-refractivity contribution in [3.05, 3.63) is 72.1 Å². The summed E-state index contributed by atoms with van der Waals surface area (Å²) in [6.07, 6.45) is 6.44. The molecule has 3 amide bonds. The molecular formula is C19H19N3O2. The average Bonchev–Trinajstić information content (AvgIpc) is 2.85. The Bertz CT molecular complexity index is 759. The Kier molecular flexibility index (Phi) is 4.42. The van der Waals surface area contributed by atoms with Crippen molar-refractivity contribution in [2.75, 3.05) is 7.05 Å². The van der Waals surface area contributed by atoms with Crippen molar-refractivity contribution in [2.24, 2.45) is 0 Å². The molecule has 0 N–H and O–H groups in total. The normalized spacial score (nSPS) is 20.8. The van der Waals surface area contributed by atoms with Gasteiger partial charge in [-0.3, -0.25) is 14.7 Å². The Morgan fingerprint density at radius 3 is 2.58 bits per heavy atom. The van der Waals surface area contributed by atoms with Crippen molar-refractivity contribution >= 4 is 18.0 Å². The van der Waals surface area contributed by atoms with Gasteiger partial charge in [0.15, 0.2) is 0 Å². The zero-order valence-corrected chi connectivity index (χ0v) is 13.7. The summed E-state index contributed by atoms with van der Waals surface area (Å²) in [4.78, 5) is 32.2. The Hall–Kier alpha value is -2.95. The summed E-state index contributed by atoms with van der Waals surface area (Å²) in [5.41, 5.74) is 1.76. The lowest BCUT2D eigenvalue weighted by atomic mass is 10.0. The molecule has 2 atom stereocenters. The Labute approximate surface area is 141 Å². The highest BCUT2D eigenvalue weighted by Crippen LogP contribution is 2.34. The summed E-state index contributed by atoms with van der Waals surface area (Å²) in [5.74, 6) is -0.325. The van der Waals surface area contributed by atoms with Crippen LogP contribution in [0.5, 0.6) is 0 Å². The molecule has 2 aromatic rings. The highest BCUT2D eigenvalue weighted by molar-refractivity contribution is 6.04. The second-order valence-electron chi connectivity index (χ2n) is 5.82. The number of rotatable bonds is 3. The Balaban J connectivity index is 1.90. The van der Waals surface area contributed by atoms with Crippen LogP contribution < -0.4 is 0 Å². The number of hydrogen-bond donors (Lipinski definition) is 0. The molecule has 5 nitrogen and oxygen atoms in total. The topological polar surface area (TPSA) is 53.5 Å². The number of amides is 3. The number of urea groups is 1. The van der Waals surface area contributed by atoms with Crippen molar-refractivity contribution in [3.63, 3.8) is 0 Å². The first kappa shape index (κ1) is 15.9. The Morgan fingerprint density at radius 1 is 1.17 bits per heavy atom. The van der Waals surface area contributed by atoms with Gasteiger partial charge in [-0.15, -0.1) is 0 Å². The van der Waals surface area contributed by atoms with E-state index in [4.69, 9.17) is 0 Å². The summed E-state index contributed by atoms with van der Waals surface area (Å²) in [5, 5.41) is 0. The number of likely N-dealkylation sites (N-methyl/N-ethyl adjacent to an activating group) is 1. The summed E-state index contributed by atoms with van der Waals surface area (Å²) >= 11 is 0. The number of aromatic nitrogens is 1. The van der Waals surface area contributed by atoms with E-state index in [9.17, 15) is 9.59 Å². The van der Waals surface area contributed by atoms with Gasteiger partial charge in [0.25, 0.3) is 5.91 Å². The van der Waals surface area contributed by atoms with Crippen LogP contribution in [-0.2, 0) is 4.79 Å². The largest absolute Gasteiger partial charge is 0.327 e. The van der Waals surface area contributed by atoms with Gasteiger partial charge in [0.05, 0.1) is 12.1 Å². The molecule has 0 aliphatic carbocycles. The van der Waals surface area contributed by atoms with Gasteiger partial charge in [0, 0.05) is 25.5 Å². The Morgan fingerprint density at radius 2 is 1.92 bits per heavy atom. The summed E-state index contributed by atoms with van der Waals surface area (Å²) in [6, 6.07) is 12.6. The molecular weight excluding hydrogens is 302 g/mol. The number of imide groups is 1. The molecule has 1 aliphatic heterocycles. The maximum atomic E-state index is 12.7. The first-order valence-electron chi connectivity index (χ1n) is 7.82. The first-order chi connectivity index (χ1) is 11.6. The number of hydrogen-bond acceptors (Lipinski definition) is 3. The average molecular weight is 321 g/mol. The minimum atomic E-state index is -0.325. The third kappa shape index (κ3) is 2.93. The van der Waals surface area contributed by atoms with Crippen LogP contribution in [-0.4, -0.2) is 39.8 Å². The summed E-state index contributed by atoms with van der Waals surface area (Å²) in [7, 11) is 1.72. The van der Waals surface area contributed by atoms with Crippen LogP contribution in [0.4, 0.5) is 4.79 Å². The molecule has 122 valence electrons. The fourth-order valence-corrected chi connectivity index (χ4v) is 2.92. The van der Waals surface area contributed by atoms with Crippen LogP contribution in [0, 0.1) is 0 Å². The van der Waals surface area contributed by atoms with Gasteiger partial charge in [-0.25, -0.2) is 4.79 Å². The first-order valence-corrected chi connectivity index (χ1v) is 7.82. The predicted molar refractivity (Wildman–Crippen MR) is 91.9 cm³/mol.